The molecule has 1 rings (SSSR count). The molecule has 0 amide bonds. The van der Waals surface area contributed by atoms with Crippen LogP contribution in [0.5, 0.6) is 0 Å². The van der Waals surface area contributed by atoms with Crippen LogP contribution in [0.15, 0.2) is 12.2 Å². The molecular formula is C17H26O4. The molecule has 2 atom stereocenters. The molecule has 0 radical (unpaired) electrons. The van der Waals surface area contributed by atoms with Crippen molar-refractivity contribution in [1.29, 1.82) is 0 Å². The zero-order valence-electron chi connectivity index (χ0n) is 13.2. The van der Waals surface area contributed by atoms with Crippen molar-refractivity contribution < 1.29 is 19.1 Å². The fourth-order valence-corrected chi connectivity index (χ4v) is 2.71. The smallest absolute Gasteiger partial charge is 0.333 e. The van der Waals surface area contributed by atoms with Crippen LogP contribution in [-0.4, -0.2) is 24.1 Å². The summed E-state index contributed by atoms with van der Waals surface area (Å²) in [6.07, 6.45) is 4.25. The summed E-state index contributed by atoms with van der Waals surface area (Å²) in [5, 5.41) is 0. The van der Waals surface area contributed by atoms with Gasteiger partial charge in [-0.3, -0.25) is 9.59 Å². The first-order valence-electron chi connectivity index (χ1n) is 7.86. The van der Waals surface area contributed by atoms with E-state index in [1.807, 2.05) is 6.92 Å². The molecule has 118 valence electrons. The van der Waals surface area contributed by atoms with E-state index in [0.29, 0.717) is 37.9 Å². The minimum atomic E-state index is -0.411. The van der Waals surface area contributed by atoms with E-state index in [2.05, 4.69) is 6.58 Å². The molecule has 4 heteroatoms. The number of ketones is 2. The Bertz CT molecular complexity index is 411. The summed E-state index contributed by atoms with van der Waals surface area (Å²) in [4.78, 5) is 35.6. The monoisotopic (exact) mass is 294 g/mol. The van der Waals surface area contributed by atoms with Crippen molar-refractivity contribution >= 4 is 17.5 Å². The van der Waals surface area contributed by atoms with Gasteiger partial charge in [0.05, 0.1) is 6.61 Å². The first-order valence-corrected chi connectivity index (χ1v) is 7.86. The van der Waals surface area contributed by atoms with Crippen LogP contribution < -0.4 is 0 Å². The van der Waals surface area contributed by atoms with Gasteiger partial charge in [0.25, 0.3) is 0 Å². The minimum absolute atomic E-state index is 0.0760. The van der Waals surface area contributed by atoms with E-state index in [1.165, 1.54) is 0 Å². The zero-order chi connectivity index (χ0) is 15.8. The predicted molar refractivity (Wildman–Crippen MR) is 80.8 cm³/mol. The summed E-state index contributed by atoms with van der Waals surface area (Å²) in [5.74, 6) is -0.0969. The summed E-state index contributed by atoms with van der Waals surface area (Å²) in [6, 6.07) is 0. The van der Waals surface area contributed by atoms with Gasteiger partial charge in [-0.05, 0) is 32.6 Å². The Labute approximate surface area is 126 Å². The van der Waals surface area contributed by atoms with Crippen LogP contribution >= 0.6 is 0 Å². The molecule has 1 saturated carbocycles. The highest BCUT2D eigenvalue weighted by atomic mass is 16.5. The highest BCUT2D eigenvalue weighted by molar-refractivity contribution is 5.90. The summed E-state index contributed by atoms with van der Waals surface area (Å²) in [6.45, 7) is 7.76. The number of esters is 1. The highest BCUT2D eigenvalue weighted by Gasteiger charge is 2.24. The lowest BCUT2D eigenvalue weighted by atomic mass is 9.84. The molecule has 0 aromatic heterocycles. The lowest BCUT2D eigenvalue weighted by molar-refractivity contribution is -0.138. The summed E-state index contributed by atoms with van der Waals surface area (Å²) >= 11 is 0. The van der Waals surface area contributed by atoms with E-state index >= 15 is 0 Å². The number of Topliss-reactive ketones (excluding diaryl/α,β-unsaturated/α-hetero) is 2. The van der Waals surface area contributed by atoms with Gasteiger partial charge in [-0.1, -0.05) is 19.9 Å². The van der Waals surface area contributed by atoms with E-state index in [-0.39, 0.29) is 23.4 Å². The van der Waals surface area contributed by atoms with Crippen molar-refractivity contribution in [2.75, 3.05) is 6.61 Å². The maximum atomic E-state index is 12.2. The normalized spacial score (nSPS) is 24.5. The Morgan fingerprint density at radius 3 is 2.52 bits per heavy atom. The molecule has 1 fully saturated rings. The Hall–Kier alpha value is -1.45. The number of hydrogen-bond acceptors (Lipinski definition) is 4. The van der Waals surface area contributed by atoms with Gasteiger partial charge in [0, 0.05) is 30.3 Å². The van der Waals surface area contributed by atoms with Crippen LogP contribution in [0.25, 0.3) is 0 Å². The number of hydrogen-bond donors (Lipinski definition) is 0. The van der Waals surface area contributed by atoms with Gasteiger partial charge in [0.15, 0.2) is 0 Å². The maximum Gasteiger partial charge on any atom is 0.333 e. The average molecular weight is 294 g/mol. The first-order chi connectivity index (χ1) is 9.95. The van der Waals surface area contributed by atoms with E-state index in [9.17, 15) is 14.4 Å². The number of rotatable bonds is 4. The average Bonchev–Trinajstić information content (AvgIpc) is 2.44. The zero-order valence-corrected chi connectivity index (χ0v) is 13.2. The molecule has 2 unspecified atom stereocenters. The Morgan fingerprint density at radius 1 is 1.19 bits per heavy atom. The molecule has 21 heavy (non-hydrogen) atoms. The van der Waals surface area contributed by atoms with Crippen LogP contribution in [-0.2, 0) is 19.1 Å². The topological polar surface area (TPSA) is 60.4 Å². The summed E-state index contributed by atoms with van der Waals surface area (Å²) in [7, 11) is 0. The van der Waals surface area contributed by atoms with Crippen molar-refractivity contribution in [1.82, 2.24) is 0 Å². The van der Waals surface area contributed by atoms with Crippen molar-refractivity contribution in [3.05, 3.63) is 12.2 Å². The molecule has 0 bridgehead atoms. The van der Waals surface area contributed by atoms with Crippen LogP contribution in [0.1, 0.15) is 58.8 Å². The van der Waals surface area contributed by atoms with Gasteiger partial charge in [-0.25, -0.2) is 4.79 Å². The molecule has 0 heterocycles. The van der Waals surface area contributed by atoms with Gasteiger partial charge < -0.3 is 4.74 Å². The number of carbonyl (C=O) groups is 3. The lowest BCUT2D eigenvalue weighted by Gasteiger charge is -2.19. The third kappa shape index (κ3) is 5.82. The van der Waals surface area contributed by atoms with Gasteiger partial charge in [-0.15, -0.1) is 0 Å². The number of carbonyl (C=O) groups excluding carboxylic acids is 3. The van der Waals surface area contributed by atoms with E-state index in [1.54, 1.807) is 6.92 Å². The Kier molecular flexibility index (Phi) is 7.34. The molecule has 4 nitrogen and oxygen atoms in total. The second kappa shape index (κ2) is 8.75. The fourth-order valence-electron chi connectivity index (χ4n) is 2.71. The van der Waals surface area contributed by atoms with E-state index in [0.717, 1.165) is 19.3 Å². The molecule has 1 aliphatic rings. The maximum absolute atomic E-state index is 12.2. The molecule has 0 aromatic rings. The Balaban J connectivity index is 2.62. The standard InChI is InChI=1S/C17H26O4/c1-4-21-17(20)13(3)11-14-8-5-7-12(2)15(18)9-6-10-16(14)19/h12,14H,3-11H2,1-2H3. The first kappa shape index (κ1) is 17.6. The molecule has 0 spiro atoms. The quantitative estimate of drug-likeness (QED) is 0.590. The van der Waals surface area contributed by atoms with Crippen molar-refractivity contribution in [3.8, 4) is 0 Å². The third-order valence-corrected chi connectivity index (χ3v) is 4.10. The van der Waals surface area contributed by atoms with Gasteiger partial charge in [0.2, 0.25) is 0 Å². The van der Waals surface area contributed by atoms with Gasteiger partial charge in [-0.2, -0.15) is 0 Å². The van der Waals surface area contributed by atoms with Gasteiger partial charge in [0.1, 0.15) is 11.6 Å². The largest absolute Gasteiger partial charge is 0.463 e. The summed E-state index contributed by atoms with van der Waals surface area (Å²) < 4.78 is 4.92. The van der Waals surface area contributed by atoms with Crippen molar-refractivity contribution in [3.63, 3.8) is 0 Å². The SMILES string of the molecule is C=C(CC1CCCC(C)C(=O)CCCC1=O)C(=O)OCC. The fraction of sp³-hybridized carbons (Fsp3) is 0.706. The van der Waals surface area contributed by atoms with Crippen LogP contribution in [0, 0.1) is 11.8 Å². The van der Waals surface area contributed by atoms with E-state index in [4.69, 9.17) is 4.74 Å². The predicted octanol–water partition coefficient (Wildman–Crippen LogP) is 3.24. The highest BCUT2D eigenvalue weighted by Crippen LogP contribution is 2.25. The second-order valence-electron chi connectivity index (χ2n) is 5.84. The van der Waals surface area contributed by atoms with E-state index < -0.39 is 5.97 Å². The van der Waals surface area contributed by atoms with Crippen LogP contribution in [0.4, 0.5) is 0 Å². The number of ether oxygens (including phenoxy) is 1. The second-order valence-corrected chi connectivity index (χ2v) is 5.84. The molecule has 0 aromatic carbocycles. The summed E-state index contributed by atoms with van der Waals surface area (Å²) in [5.41, 5.74) is 0.372. The molecular weight excluding hydrogens is 268 g/mol. The molecule has 0 saturated heterocycles. The van der Waals surface area contributed by atoms with Crippen LogP contribution in [0.3, 0.4) is 0 Å². The van der Waals surface area contributed by atoms with Crippen molar-refractivity contribution in [2.45, 2.75) is 58.8 Å². The Morgan fingerprint density at radius 2 is 1.86 bits per heavy atom. The van der Waals surface area contributed by atoms with Crippen molar-refractivity contribution in [2.24, 2.45) is 11.8 Å². The van der Waals surface area contributed by atoms with Gasteiger partial charge >= 0.3 is 5.97 Å². The van der Waals surface area contributed by atoms with Crippen LogP contribution in [0.2, 0.25) is 0 Å². The lowest BCUT2D eigenvalue weighted by Crippen LogP contribution is -2.21. The molecule has 0 N–H and O–H groups in total. The third-order valence-electron chi connectivity index (χ3n) is 4.10. The minimum Gasteiger partial charge on any atom is -0.463 e. The molecule has 1 aliphatic carbocycles. The molecule has 0 aliphatic heterocycles.